The molecule has 1 fully saturated rings. The molecule has 1 amide bonds. The number of aryl methyl sites for hydroxylation is 2. The zero-order chi connectivity index (χ0) is 35.8. The van der Waals surface area contributed by atoms with E-state index in [9.17, 15) is 19.5 Å². The number of nitrogens with zero attached hydrogens (tertiary/aromatic N) is 4. The van der Waals surface area contributed by atoms with E-state index < -0.39 is 5.97 Å². The SMILES string of the molecule is Cc1nc(C)c(-c2ccc3cc(-c4c(C5CCCCC5)c5sc(C(=O)O)c(CNCC(=O)c6ccccc6)c5n4CC(=O)N(C)C)ccc3n2)s1. The highest BCUT2D eigenvalue weighted by Gasteiger charge is 2.33. The van der Waals surface area contributed by atoms with Crippen molar-refractivity contribution in [2.75, 3.05) is 20.6 Å². The number of carbonyl (C=O) groups excluding carboxylic acids is 2. The minimum absolute atomic E-state index is 0.0521. The molecular formula is C40H41N5O4S2. The molecule has 262 valence electrons. The Morgan fingerprint density at radius 3 is 2.41 bits per heavy atom. The molecule has 6 aromatic rings. The number of ketones is 1. The van der Waals surface area contributed by atoms with Gasteiger partial charge in [0.2, 0.25) is 5.91 Å². The minimum atomic E-state index is -1.01. The number of hydrogen-bond acceptors (Lipinski definition) is 8. The van der Waals surface area contributed by atoms with Gasteiger partial charge in [0.25, 0.3) is 0 Å². The minimum Gasteiger partial charge on any atom is -0.477 e. The lowest BCUT2D eigenvalue weighted by molar-refractivity contribution is -0.129. The topological polar surface area (TPSA) is 117 Å². The summed E-state index contributed by atoms with van der Waals surface area (Å²) in [6.45, 7) is 4.29. The Kier molecular flexibility index (Phi) is 9.87. The summed E-state index contributed by atoms with van der Waals surface area (Å²) in [5.41, 5.74) is 7.72. The van der Waals surface area contributed by atoms with E-state index in [0.29, 0.717) is 11.1 Å². The maximum atomic E-state index is 13.6. The van der Waals surface area contributed by atoms with Gasteiger partial charge in [-0.3, -0.25) is 9.59 Å². The first-order chi connectivity index (χ1) is 24.6. The summed E-state index contributed by atoms with van der Waals surface area (Å²) in [6, 6.07) is 19.5. The van der Waals surface area contributed by atoms with Crippen molar-refractivity contribution in [1.29, 1.82) is 0 Å². The lowest BCUT2D eigenvalue weighted by atomic mass is 9.83. The summed E-state index contributed by atoms with van der Waals surface area (Å²) < 4.78 is 2.96. The van der Waals surface area contributed by atoms with Gasteiger partial charge in [0.15, 0.2) is 5.78 Å². The Hall–Kier alpha value is -4.71. The van der Waals surface area contributed by atoms with E-state index in [4.69, 9.17) is 4.98 Å². The number of Topliss-reactive ketones (excluding diaryl/α,β-unsaturated/α-hetero) is 1. The molecule has 0 bridgehead atoms. The Labute approximate surface area is 305 Å². The molecular weight excluding hydrogens is 679 g/mol. The van der Waals surface area contributed by atoms with Crippen molar-refractivity contribution in [3.63, 3.8) is 0 Å². The molecule has 2 aromatic carbocycles. The predicted octanol–water partition coefficient (Wildman–Crippen LogP) is 8.46. The highest BCUT2D eigenvalue weighted by Crippen LogP contribution is 2.49. The molecule has 0 unspecified atom stereocenters. The van der Waals surface area contributed by atoms with Crippen molar-refractivity contribution in [2.45, 2.75) is 65.0 Å². The first kappa shape index (κ1) is 34.7. The number of aromatic nitrogens is 3. The normalized spacial score (nSPS) is 13.6. The van der Waals surface area contributed by atoms with Gasteiger partial charge in [0, 0.05) is 37.2 Å². The van der Waals surface area contributed by atoms with Crippen LogP contribution in [0.15, 0.2) is 60.7 Å². The van der Waals surface area contributed by atoms with Crippen molar-refractivity contribution in [3.8, 4) is 21.8 Å². The predicted molar refractivity (Wildman–Crippen MR) is 205 cm³/mol. The third-order valence-electron chi connectivity index (χ3n) is 9.80. The molecule has 1 saturated carbocycles. The number of fused-ring (bicyclic) bond motifs is 2. The van der Waals surface area contributed by atoms with Crippen LogP contribution >= 0.6 is 22.7 Å². The van der Waals surface area contributed by atoms with Crippen molar-refractivity contribution in [3.05, 3.63) is 92.9 Å². The number of thiazole rings is 1. The largest absolute Gasteiger partial charge is 0.477 e. The number of nitrogens with one attached hydrogen (secondary N) is 1. The lowest BCUT2D eigenvalue weighted by Crippen LogP contribution is -2.27. The van der Waals surface area contributed by atoms with Crippen molar-refractivity contribution in [1.82, 2.24) is 24.8 Å². The number of amides is 1. The fourth-order valence-corrected chi connectivity index (χ4v) is 9.51. The number of pyridine rings is 1. The third kappa shape index (κ3) is 6.85. The van der Waals surface area contributed by atoms with E-state index in [0.717, 1.165) is 84.9 Å². The number of carboxylic acids is 1. The maximum Gasteiger partial charge on any atom is 0.346 e. The van der Waals surface area contributed by atoms with Crippen LogP contribution in [0.5, 0.6) is 0 Å². The molecule has 0 spiro atoms. The average Bonchev–Trinajstić information content (AvgIpc) is 3.78. The second-order valence-corrected chi connectivity index (χ2v) is 15.7. The fourth-order valence-electron chi connectivity index (χ4n) is 7.34. The van der Waals surface area contributed by atoms with Crippen LogP contribution in [0.4, 0.5) is 0 Å². The van der Waals surface area contributed by atoms with Crippen LogP contribution in [0.2, 0.25) is 0 Å². The van der Waals surface area contributed by atoms with Crippen LogP contribution in [0.3, 0.4) is 0 Å². The van der Waals surface area contributed by atoms with E-state index >= 15 is 0 Å². The van der Waals surface area contributed by atoms with Crippen LogP contribution in [-0.4, -0.2) is 62.8 Å². The zero-order valence-corrected chi connectivity index (χ0v) is 30.9. The summed E-state index contributed by atoms with van der Waals surface area (Å²) in [6.07, 6.45) is 5.37. The van der Waals surface area contributed by atoms with Crippen LogP contribution in [0, 0.1) is 13.8 Å². The number of rotatable bonds is 11. The van der Waals surface area contributed by atoms with Crippen LogP contribution in [-0.2, 0) is 17.9 Å². The first-order valence-corrected chi connectivity index (χ1v) is 19.0. The van der Waals surface area contributed by atoms with Crippen molar-refractivity contribution < 1.29 is 19.5 Å². The third-order valence-corrected chi connectivity index (χ3v) is 12.1. The molecule has 9 nitrogen and oxygen atoms in total. The highest BCUT2D eigenvalue weighted by molar-refractivity contribution is 7.21. The Morgan fingerprint density at radius 2 is 1.73 bits per heavy atom. The summed E-state index contributed by atoms with van der Waals surface area (Å²) >= 11 is 2.93. The van der Waals surface area contributed by atoms with Gasteiger partial charge in [0.05, 0.1) is 49.2 Å². The molecule has 2 N–H and O–H groups in total. The van der Waals surface area contributed by atoms with Gasteiger partial charge in [-0.25, -0.2) is 14.8 Å². The van der Waals surface area contributed by atoms with Crippen LogP contribution in [0.1, 0.15) is 79.9 Å². The maximum absolute atomic E-state index is 13.6. The molecule has 1 aliphatic rings. The standard InChI is InChI=1S/C40H41N5O4S2/c1-23-37(50-24(2)42-23)31-18-15-27-19-28(16-17-30(27)43-31)35-34(26-13-9-6-10-14-26)39-36(45(35)22-33(47)44(3)4)29(38(51-39)40(48)49)20-41-21-32(46)25-11-7-5-8-12-25/h5,7-8,11-12,15-19,26,41H,6,9-10,13-14,20-22H2,1-4H3,(H,48,49). The van der Waals surface area contributed by atoms with Gasteiger partial charge >= 0.3 is 5.97 Å². The molecule has 0 saturated heterocycles. The van der Waals surface area contributed by atoms with Gasteiger partial charge in [-0.2, -0.15) is 0 Å². The van der Waals surface area contributed by atoms with Gasteiger partial charge in [-0.15, -0.1) is 22.7 Å². The van der Waals surface area contributed by atoms with Crippen LogP contribution in [0.25, 0.3) is 42.9 Å². The number of hydrogen-bond donors (Lipinski definition) is 2. The Balaban J connectivity index is 1.39. The van der Waals surface area contributed by atoms with E-state index in [1.165, 1.54) is 17.8 Å². The van der Waals surface area contributed by atoms with Gasteiger partial charge in [-0.1, -0.05) is 61.7 Å². The molecule has 4 aromatic heterocycles. The van der Waals surface area contributed by atoms with E-state index in [1.54, 1.807) is 42.5 Å². The molecule has 11 heteroatoms. The quantitative estimate of drug-likeness (QED) is 0.129. The summed E-state index contributed by atoms with van der Waals surface area (Å²) in [5, 5.41) is 15.7. The molecule has 0 aliphatic heterocycles. The van der Waals surface area contributed by atoms with Crippen molar-refractivity contribution >= 4 is 61.5 Å². The van der Waals surface area contributed by atoms with Gasteiger partial charge in [0.1, 0.15) is 11.4 Å². The van der Waals surface area contributed by atoms with E-state index in [-0.39, 0.29) is 42.1 Å². The summed E-state index contributed by atoms with van der Waals surface area (Å²) in [7, 11) is 3.48. The Bertz CT molecular complexity index is 2280. The Morgan fingerprint density at radius 1 is 0.961 bits per heavy atom. The molecule has 7 rings (SSSR count). The monoisotopic (exact) mass is 719 g/mol. The average molecular weight is 720 g/mol. The highest BCUT2D eigenvalue weighted by atomic mass is 32.1. The molecule has 4 heterocycles. The fraction of sp³-hybridized carbons (Fsp3) is 0.325. The smallest absolute Gasteiger partial charge is 0.346 e. The second-order valence-electron chi connectivity index (χ2n) is 13.5. The van der Waals surface area contributed by atoms with Crippen molar-refractivity contribution in [2.24, 2.45) is 0 Å². The summed E-state index contributed by atoms with van der Waals surface area (Å²) in [5.74, 6) is -0.953. The molecule has 0 atom stereocenters. The molecule has 1 aliphatic carbocycles. The number of aromatic carboxylic acids is 1. The second kappa shape index (κ2) is 14.5. The molecule has 0 radical (unpaired) electrons. The number of carbonyl (C=O) groups is 3. The first-order valence-electron chi connectivity index (χ1n) is 17.4. The number of benzene rings is 2. The zero-order valence-electron chi connectivity index (χ0n) is 29.3. The van der Waals surface area contributed by atoms with Gasteiger partial charge in [-0.05, 0) is 61.9 Å². The molecule has 51 heavy (non-hydrogen) atoms. The van der Waals surface area contributed by atoms with Gasteiger partial charge < -0.3 is 19.9 Å². The summed E-state index contributed by atoms with van der Waals surface area (Å²) in [4.78, 5) is 51.8. The van der Waals surface area contributed by atoms with E-state index in [1.807, 2.05) is 48.7 Å². The number of thiophene rings is 1. The van der Waals surface area contributed by atoms with Crippen LogP contribution < -0.4 is 5.32 Å². The lowest BCUT2D eigenvalue weighted by Gasteiger charge is -2.24. The number of carboxylic acid groups (broad SMARTS) is 1. The number of likely N-dealkylation sites (N-methyl/N-ethyl adjacent to an activating group) is 1. The van der Waals surface area contributed by atoms with E-state index in [2.05, 4.69) is 28.5 Å².